The van der Waals surface area contributed by atoms with Crippen molar-refractivity contribution in [2.75, 3.05) is 0 Å². The topological polar surface area (TPSA) is 82.5 Å². The van der Waals surface area contributed by atoms with Gasteiger partial charge in [0, 0.05) is 0 Å². The van der Waals surface area contributed by atoms with E-state index in [1.54, 1.807) is 5.55 Å². The molecule has 1 atom stereocenters. The van der Waals surface area contributed by atoms with Crippen molar-refractivity contribution in [1.82, 2.24) is 10.1 Å². The highest BCUT2D eigenvalue weighted by Crippen LogP contribution is 2.16. The second kappa shape index (κ2) is 3.00. The van der Waals surface area contributed by atoms with E-state index in [0.29, 0.717) is 0 Å². The molecule has 1 rings (SSSR count). The number of nitrogens with one attached hydrogen (secondary N) is 1. The third-order valence-corrected chi connectivity index (χ3v) is 1.77. The van der Waals surface area contributed by atoms with Gasteiger partial charge >= 0.3 is 0 Å². The van der Waals surface area contributed by atoms with Crippen molar-refractivity contribution >= 4 is 23.4 Å². The molecule has 0 aliphatic carbocycles. The fourth-order valence-electron chi connectivity index (χ4n) is 0.596. The summed E-state index contributed by atoms with van der Waals surface area (Å²) in [6.45, 7) is 0. The van der Waals surface area contributed by atoms with E-state index in [9.17, 15) is 4.79 Å². The molecule has 1 unspecified atom stereocenters. The number of carbonyl (C=O) groups is 1. The molecule has 0 fully saturated rings. The van der Waals surface area contributed by atoms with Gasteiger partial charge in [0.1, 0.15) is 6.17 Å². The summed E-state index contributed by atoms with van der Waals surface area (Å²) in [5.41, 5.74) is 8.19. The summed E-state index contributed by atoms with van der Waals surface area (Å²) in [5, 5.41) is 0. The number of hydrogen-bond acceptors (Lipinski definition) is 5. The Labute approximate surface area is 62.6 Å². The van der Waals surface area contributed by atoms with E-state index in [1.807, 2.05) is 0 Å². The maximum atomic E-state index is 10.2. The van der Waals surface area contributed by atoms with Gasteiger partial charge in [0.05, 0.1) is 12.0 Å². The molecule has 0 saturated heterocycles. The number of hydrogen-bond donors (Lipinski definition) is 1. The van der Waals surface area contributed by atoms with Crippen molar-refractivity contribution in [1.29, 1.82) is 0 Å². The summed E-state index contributed by atoms with van der Waals surface area (Å²) in [6.07, 6.45) is -0.269. The van der Waals surface area contributed by atoms with Gasteiger partial charge in [-0.1, -0.05) is 0 Å². The van der Waals surface area contributed by atoms with Gasteiger partial charge < -0.3 is 0 Å². The zero-order valence-corrected chi connectivity index (χ0v) is 5.97. The first-order chi connectivity index (χ1) is 4.70. The molecule has 0 aromatic rings. The molecule has 1 radical (unpaired) electrons. The maximum Gasteiger partial charge on any atom is 0.241 e. The second-order valence-corrected chi connectivity index (χ2v) is 2.67. The fourth-order valence-corrected chi connectivity index (χ4v) is 1.17. The molecule has 0 spiro atoms. The third kappa shape index (κ3) is 1.69. The largest absolute Gasteiger partial charge is 0.273 e. The van der Waals surface area contributed by atoms with Crippen molar-refractivity contribution in [3.63, 3.8) is 0 Å². The molecular formula is C4H7N4OS. The van der Waals surface area contributed by atoms with Crippen LogP contribution in [0.15, 0.2) is 4.99 Å². The minimum absolute atomic E-state index is 0.0694. The van der Waals surface area contributed by atoms with Gasteiger partial charge in [-0.05, 0) is 11.9 Å². The van der Waals surface area contributed by atoms with Gasteiger partial charge in [-0.3, -0.25) is 21.4 Å². The van der Waals surface area contributed by atoms with Crippen LogP contribution < -0.4 is 11.6 Å². The molecule has 0 aromatic carbocycles. The van der Waals surface area contributed by atoms with Crippen LogP contribution in [0.4, 0.5) is 0 Å². The molecule has 0 saturated carbocycles. The average molecular weight is 159 g/mol. The predicted octanol–water partition coefficient (Wildman–Crippen LogP) is -0.622. The Balaban J connectivity index is 2.40. The first-order valence-electron chi connectivity index (χ1n) is 2.67. The van der Waals surface area contributed by atoms with E-state index in [-0.39, 0.29) is 12.6 Å². The van der Waals surface area contributed by atoms with Crippen molar-refractivity contribution < 1.29 is 4.79 Å². The van der Waals surface area contributed by atoms with Gasteiger partial charge in [0.25, 0.3) is 0 Å². The van der Waals surface area contributed by atoms with Gasteiger partial charge in [-0.25, -0.2) is 0 Å². The fraction of sp³-hybridized carbons (Fsp3) is 0.500. The standard InChI is InChI=1S/C4H7N4OS/c5-3(9)1-4-7-2-10-8(4)6/h2,4-5H,1,6H2. The molecule has 5 nitrogen and oxygen atoms in total. The average Bonchev–Trinajstić information content (AvgIpc) is 2.15. The summed E-state index contributed by atoms with van der Waals surface area (Å²) in [4.78, 5) is 14.1. The Hall–Kier alpha value is -0.590. The van der Waals surface area contributed by atoms with Crippen molar-refractivity contribution in [3.05, 3.63) is 0 Å². The first kappa shape index (κ1) is 7.52. The molecule has 1 amide bonds. The molecule has 1 heterocycles. The summed E-state index contributed by atoms with van der Waals surface area (Å²) in [6, 6.07) is 0. The summed E-state index contributed by atoms with van der Waals surface area (Å²) >= 11 is 1.23. The molecule has 0 aromatic heterocycles. The zero-order chi connectivity index (χ0) is 7.56. The zero-order valence-electron chi connectivity index (χ0n) is 5.15. The normalized spacial score (nSPS) is 25.5. The van der Waals surface area contributed by atoms with Crippen molar-refractivity contribution in [2.24, 2.45) is 10.8 Å². The number of rotatable bonds is 2. The Kier molecular flexibility index (Phi) is 2.25. The number of hydrazine groups is 1. The highest BCUT2D eigenvalue weighted by molar-refractivity contribution is 8.10. The van der Waals surface area contributed by atoms with Gasteiger partial charge in [-0.15, -0.1) is 0 Å². The van der Waals surface area contributed by atoms with Crippen LogP contribution in [0.25, 0.3) is 0 Å². The Bertz CT molecular complexity index is 171. The summed E-state index contributed by atoms with van der Waals surface area (Å²) in [5.74, 6) is 4.72. The van der Waals surface area contributed by atoms with Crippen LogP contribution in [0, 0.1) is 0 Å². The van der Waals surface area contributed by atoms with Crippen molar-refractivity contribution in [3.8, 4) is 0 Å². The molecule has 6 heteroatoms. The highest BCUT2D eigenvalue weighted by atomic mass is 32.2. The second-order valence-electron chi connectivity index (χ2n) is 1.83. The van der Waals surface area contributed by atoms with Gasteiger partial charge in [-0.2, -0.15) is 4.41 Å². The number of amides is 1. The minimum atomic E-state index is -0.639. The van der Waals surface area contributed by atoms with E-state index in [4.69, 9.17) is 11.6 Å². The molecule has 55 valence electrons. The van der Waals surface area contributed by atoms with E-state index in [0.717, 1.165) is 0 Å². The van der Waals surface area contributed by atoms with Crippen LogP contribution in [0.2, 0.25) is 0 Å². The number of aliphatic imine (C=N–C) groups is 1. The number of carbonyl (C=O) groups excluding carboxylic acids is 1. The lowest BCUT2D eigenvalue weighted by Crippen LogP contribution is -2.32. The summed E-state index contributed by atoms with van der Waals surface area (Å²) < 4.78 is 1.35. The Morgan fingerprint density at radius 1 is 2.00 bits per heavy atom. The molecule has 1 aliphatic heterocycles. The van der Waals surface area contributed by atoms with Gasteiger partial charge in [0.2, 0.25) is 5.91 Å². The van der Waals surface area contributed by atoms with E-state index >= 15 is 0 Å². The van der Waals surface area contributed by atoms with Crippen LogP contribution in [0.1, 0.15) is 6.42 Å². The van der Waals surface area contributed by atoms with E-state index < -0.39 is 5.91 Å². The quantitative estimate of drug-likeness (QED) is 0.430. The Morgan fingerprint density at radius 2 is 2.70 bits per heavy atom. The molecular weight excluding hydrogens is 152 g/mol. The lowest BCUT2D eigenvalue weighted by atomic mass is 10.3. The van der Waals surface area contributed by atoms with Crippen LogP contribution in [-0.2, 0) is 4.79 Å². The monoisotopic (exact) mass is 159 g/mol. The van der Waals surface area contributed by atoms with Gasteiger partial charge in [0.15, 0.2) is 0 Å². The molecule has 10 heavy (non-hydrogen) atoms. The van der Waals surface area contributed by atoms with Crippen LogP contribution >= 0.6 is 11.9 Å². The first-order valence-corrected chi connectivity index (χ1v) is 3.50. The summed E-state index contributed by atoms with van der Waals surface area (Å²) in [7, 11) is 0. The lowest BCUT2D eigenvalue weighted by Gasteiger charge is -2.12. The number of nitrogens with zero attached hydrogens (tertiary/aromatic N) is 2. The maximum absolute atomic E-state index is 10.2. The minimum Gasteiger partial charge on any atom is -0.273 e. The number of nitrogens with two attached hydrogens (primary N) is 1. The van der Waals surface area contributed by atoms with Crippen LogP contribution in [0.5, 0.6) is 0 Å². The lowest BCUT2D eigenvalue weighted by molar-refractivity contribution is -0.119. The molecule has 1 aliphatic rings. The molecule has 0 bridgehead atoms. The van der Waals surface area contributed by atoms with Crippen molar-refractivity contribution in [2.45, 2.75) is 12.6 Å². The van der Waals surface area contributed by atoms with E-state index in [1.165, 1.54) is 16.4 Å². The third-order valence-electron chi connectivity index (χ3n) is 1.06. The van der Waals surface area contributed by atoms with E-state index in [2.05, 4.69) is 4.99 Å². The highest BCUT2D eigenvalue weighted by Gasteiger charge is 2.20. The SMILES string of the molecule is [NH]C(=O)CC1N=CSN1N. The van der Waals surface area contributed by atoms with Crippen LogP contribution in [-0.4, -0.2) is 22.0 Å². The Morgan fingerprint density at radius 3 is 3.10 bits per heavy atom. The smallest absolute Gasteiger partial charge is 0.241 e. The molecule has 3 N–H and O–H groups in total. The van der Waals surface area contributed by atoms with Crippen LogP contribution in [0.3, 0.4) is 0 Å². The predicted molar refractivity (Wildman–Crippen MR) is 38.6 cm³/mol.